The topological polar surface area (TPSA) is 37.9 Å². The highest BCUT2D eigenvalue weighted by molar-refractivity contribution is 5.13. The van der Waals surface area contributed by atoms with E-state index in [1.807, 2.05) is 36.4 Å². The summed E-state index contributed by atoms with van der Waals surface area (Å²) in [5, 5.41) is 6.69. The van der Waals surface area contributed by atoms with E-state index in [-0.39, 0.29) is 0 Å². The summed E-state index contributed by atoms with van der Waals surface area (Å²) in [4.78, 5) is 0. The lowest BCUT2D eigenvalue weighted by atomic mass is 10.2. The number of rotatable bonds is 4. The average molecular weight is 188 g/mol. The van der Waals surface area contributed by atoms with E-state index in [1.165, 1.54) is 5.56 Å². The summed E-state index contributed by atoms with van der Waals surface area (Å²) < 4.78 is 5.49. The van der Waals surface area contributed by atoms with Crippen LogP contribution in [0, 0.1) is 0 Å². The van der Waals surface area contributed by atoms with E-state index >= 15 is 0 Å². The molecule has 3 heteroatoms. The van der Waals surface area contributed by atoms with E-state index in [0.29, 0.717) is 13.2 Å². The number of benzene rings is 1. The van der Waals surface area contributed by atoms with E-state index in [0.717, 1.165) is 5.69 Å². The Balaban J connectivity index is 1.79. The van der Waals surface area contributed by atoms with Crippen LogP contribution >= 0.6 is 0 Å². The van der Waals surface area contributed by atoms with Crippen LogP contribution in [0.1, 0.15) is 11.3 Å². The second-order valence-corrected chi connectivity index (χ2v) is 3.06. The van der Waals surface area contributed by atoms with Gasteiger partial charge in [-0.05, 0) is 11.6 Å². The van der Waals surface area contributed by atoms with Gasteiger partial charge in [0.2, 0.25) is 0 Å². The first-order chi connectivity index (χ1) is 6.95. The molecule has 72 valence electrons. The number of hydrogen-bond donors (Lipinski definition) is 1. The Morgan fingerprint density at radius 1 is 1.07 bits per heavy atom. The van der Waals surface area contributed by atoms with Gasteiger partial charge < -0.3 is 4.74 Å². The number of aromatic nitrogens is 2. The van der Waals surface area contributed by atoms with Gasteiger partial charge in [0.05, 0.1) is 18.9 Å². The normalized spacial score (nSPS) is 10.3. The first-order valence-corrected chi connectivity index (χ1v) is 4.55. The fraction of sp³-hybridized carbons (Fsp3) is 0.182. The van der Waals surface area contributed by atoms with Crippen LogP contribution in [0.15, 0.2) is 42.6 Å². The molecule has 0 atom stereocenters. The Kier molecular flexibility index (Phi) is 2.93. The van der Waals surface area contributed by atoms with Crippen LogP contribution in [-0.4, -0.2) is 10.2 Å². The zero-order valence-electron chi connectivity index (χ0n) is 7.81. The summed E-state index contributed by atoms with van der Waals surface area (Å²) in [7, 11) is 0. The second-order valence-electron chi connectivity index (χ2n) is 3.06. The van der Waals surface area contributed by atoms with Gasteiger partial charge in [-0.3, -0.25) is 5.10 Å². The van der Waals surface area contributed by atoms with Gasteiger partial charge in [-0.1, -0.05) is 30.3 Å². The molecule has 0 aliphatic carbocycles. The number of nitrogens with zero attached hydrogens (tertiary/aromatic N) is 1. The molecule has 1 heterocycles. The highest BCUT2D eigenvalue weighted by Crippen LogP contribution is 2.02. The molecule has 0 saturated carbocycles. The van der Waals surface area contributed by atoms with Crippen molar-refractivity contribution < 1.29 is 4.74 Å². The molecular formula is C11H12N2O. The van der Waals surface area contributed by atoms with Gasteiger partial charge in [0.15, 0.2) is 0 Å². The van der Waals surface area contributed by atoms with Crippen molar-refractivity contribution in [2.24, 2.45) is 0 Å². The molecule has 0 unspecified atom stereocenters. The fourth-order valence-corrected chi connectivity index (χ4v) is 1.22. The first-order valence-electron chi connectivity index (χ1n) is 4.55. The third-order valence-electron chi connectivity index (χ3n) is 1.93. The molecule has 0 saturated heterocycles. The maximum absolute atomic E-state index is 5.49. The monoisotopic (exact) mass is 188 g/mol. The maximum atomic E-state index is 5.49. The van der Waals surface area contributed by atoms with E-state index in [2.05, 4.69) is 10.2 Å². The first kappa shape index (κ1) is 8.97. The van der Waals surface area contributed by atoms with Gasteiger partial charge in [0.1, 0.15) is 0 Å². The van der Waals surface area contributed by atoms with Crippen molar-refractivity contribution in [2.45, 2.75) is 13.2 Å². The number of aromatic amines is 1. The van der Waals surface area contributed by atoms with Gasteiger partial charge in [-0.2, -0.15) is 5.10 Å². The van der Waals surface area contributed by atoms with Crippen molar-refractivity contribution in [2.75, 3.05) is 0 Å². The Hall–Kier alpha value is -1.61. The van der Waals surface area contributed by atoms with E-state index in [9.17, 15) is 0 Å². The minimum Gasteiger partial charge on any atom is -0.371 e. The Morgan fingerprint density at radius 3 is 2.64 bits per heavy atom. The van der Waals surface area contributed by atoms with Gasteiger partial charge in [0.25, 0.3) is 0 Å². The molecule has 0 bridgehead atoms. The average Bonchev–Trinajstić information content (AvgIpc) is 2.72. The van der Waals surface area contributed by atoms with E-state index in [1.54, 1.807) is 6.20 Å². The summed E-state index contributed by atoms with van der Waals surface area (Å²) in [6.45, 7) is 1.22. The van der Waals surface area contributed by atoms with Crippen LogP contribution < -0.4 is 0 Å². The fourth-order valence-electron chi connectivity index (χ4n) is 1.22. The minimum atomic E-state index is 0.578. The van der Waals surface area contributed by atoms with Crippen molar-refractivity contribution in [1.82, 2.24) is 10.2 Å². The summed E-state index contributed by atoms with van der Waals surface area (Å²) in [5.74, 6) is 0. The standard InChI is InChI=1S/C11H12N2O/c1-2-4-10(5-3-1)8-14-9-11-6-7-12-13-11/h1-7H,8-9H2,(H,12,13). The van der Waals surface area contributed by atoms with Crippen molar-refractivity contribution in [3.05, 3.63) is 53.9 Å². The molecule has 0 aliphatic rings. The van der Waals surface area contributed by atoms with Gasteiger partial charge in [-0.25, -0.2) is 0 Å². The van der Waals surface area contributed by atoms with Gasteiger partial charge in [0, 0.05) is 6.20 Å². The zero-order chi connectivity index (χ0) is 9.64. The summed E-state index contributed by atoms with van der Waals surface area (Å²) in [6.07, 6.45) is 1.72. The molecule has 2 rings (SSSR count). The second kappa shape index (κ2) is 4.58. The molecule has 1 aromatic heterocycles. The largest absolute Gasteiger partial charge is 0.371 e. The van der Waals surface area contributed by atoms with Crippen LogP contribution in [0.2, 0.25) is 0 Å². The molecule has 0 amide bonds. The summed E-state index contributed by atoms with van der Waals surface area (Å²) in [6, 6.07) is 12.0. The van der Waals surface area contributed by atoms with E-state index in [4.69, 9.17) is 4.74 Å². The molecular weight excluding hydrogens is 176 g/mol. The van der Waals surface area contributed by atoms with Crippen molar-refractivity contribution in [1.29, 1.82) is 0 Å². The molecule has 0 aliphatic heterocycles. The third kappa shape index (κ3) is 2.44. The smallest absolute Gasteiger partial charge is 0.0886 e. The maximum Gasteiger partial charge on any atom is 0.0886 e. The van der Waals surface area contributed by atoms with Crippen molar-refractivity contribution >= 4 is 0 Å². The quantitative estimate of drug-likeness (QED) is 0.798. The molecule has 0 spiro atoms. The molecule has 0 fully saturated rings. The predicted molar refractivity (Wildman–Crippen MR) is 53.5 cm³/mol. The molecule has 3 nitrogen and oxygen atoms in total. The van der Waals surface area contributed by atoms with Crippen LogP contribution in [0.5, 0.6) is 0 Å². The van der Waals surface area contributed by atoms with Gasteiger partial charge in [-0.15, -0.1) is 0 Å². The Labute approximate surface area is 82.7 Å². The zero-order valence-corrected chi connectivity index (χ0v) is 7.81. The number of H-pyrrole nitrogens is 1. The lowest BCUT2D eigenvalue weighted by Gasteiger charge is -2.01. The molecule has 1 N–H and O–H groups in total. The lowest BCUT2D eigenvalue weighted by molar-refractivity contribution is 0.104. The Morgan fingerprint density at radius 2 is 1.93 bits per heavy atom. The van der Waals surface area contributed by atoms with E-state index < -0.39 is 0 Å². The number of hydrogen-bond acceptors (Lipinski definition) is 2. The third-order valence-corrected chi connectivity index (χ3v) is 1.93. The molecule has 1 aromatic carbocycles. The van der Waals surface area contributed by atoms with Crippen LogP contribution in [-0.2, 0) is 18.0 Å². The van der Waals surface area contributed by atoms with Crippen molar-refractivity contribution in [3.63, 3.8) is 0 Å². The van der Waals surface area contributed by atoms with Crippen LogP contribution in [0.3, 0.4) is 0 Å². The van der Waals surface area contributed by atoms with Gasteiger partial charge >= 0.3 is 0 Å². The number of nitrogens with one attached hydrogen (secondary N) is 1. The highest BCUT2D eigenvalue weighted by atomic mass is 16.5. The molecule has 0 radical (unpaired) electrons. The molecule has 14 heavy (non-hydrogen) atoms. The van der Waals surface area contributed by atoms with Crippen LogP contribution in [0.4, 0.5) is 0 Å². The predicted octanol–water partition coefficient (Wildman–Crippen LogP) is 2.13. The number of ether oxygens (including phenoxy) is 1. The Bertz CT molecular complexity index is 356. The minimum absolute atomic E-state index is 0.578. The highest BCUT2D eigenvalue weighted by Gasteiger charge is 1.94. The molecule has 2 aromatic rings. The lowest BCUT2D eigenvalue weighted by Crippen LogP contribution is -1.94. The SMILES string of the molecule is c1ccc(COCc2ccn[nH]2)cc1. The van der Waals surface area contributed by atoms with Crippen LogP contribution in [0.25, 0.3) is 0 Å². The van der Waals surface area contributed by atoms with Crippen molar-refractivity contribution in [3.8, 4) is 0 Å². The summed E-state index contributed by atoms with van der Waals surface area (Å²) >= 11 is 0. The summed E-state index contributed by atoms with van der Waals surface area (Å²) in [5.41, 5.74) is 2.19.